The molecule has 7 nitrogen and oxygen atoms in total. The molecule has 1 saturated heterocycles. The van der Waals surface area contributed by atoms with Crippen molar-refractivity contribution in [1.29, 1.82) is 0 Å². The molecule has 1 fully saturated rings. The highest BCUT2D eigenvalue weighted by Gasteiger charge is 2.35. The summed E-state index contributed by atoms with van der Waals surface area (Å²) in [4.78, 5) is 18.4. The lowest BCUT2D eigenvalue weighted by molar-refractivity contribution is -0.143. The molecule has 37 heavy (non-hydrogen) atoms. The maximum Gasteiger partial charge on any atom is 0.401 e. The predicted octanol–water partition coefficient (Wildman–Crippen LogP) is 5.48. The third kappa shape index (κ3) is 5.07. The lowest BCUT2D eigenvalue weighted by Crippen LogP contribution is -2.32. The van der Waals surface area contributed by atoms with Crippen LogP contribution in [0.25, 0.3) is 11.4 Å². The minimum absolute atomic E-state index is 0.0508. The quantitative estimate of drug-likeness (QED) is 0.458. The second-order valence-corrected chi connectivity index (χ2v) is 10.1. The number of amides is 1. The number of anilines is 2. The second kappa shape index (κ2) is 9.48. The van der Waals surface area contributed by atoms with Crippen LogP contribution in [0.1, 0.15) is 64.8 Å². The number of fused-ring (bicyclic) bond motifs is 1. The zero-order chi connectivity index (χ0) is 26.5. The van der Waals surface area contributed by atoms with Gasteiger partial charge in [-0.2, -0.15) is 18.2 Å². The molecule has 0 saturated carbocycles. The molecule has 0 spiro atoms. The van der Waals surface area contributed by atoms with Crippen LogP contribution in [0.2, 0.25) is 0 Å². The molecule has 0 aliphatic carbocycles. The molecule has 2 aliphatic heterocycles. The molecule has 10 heteroatoms. The van der Waals surface area contributed by atoms with E-state index in [0.29, 0.717) is 43.4 Å². The Balaban J connectivity index is 1.37. The molecule has 2 aliphatic rings. The maximum absolute atomic E-state index is 12.8. The Bertz CT molecular complexity index is 1350. The predicted molar refractivity (Wildman–Crippen MR) is 136 cm³/mol. The van der Waals surface area contributed by atoms with Crippen LogP contribution in [0.4, 0.5) is 24.8 Å². The molecule has 2 N–H and O–H groups in total. The van der Waals surface area contributed by atoms with E-state index in [1.807, 2.05) is 58.0 Å². The van der Waals surface area contributed by atoms with Gasteiger partial charge in [0.05, 0.1) is 12.6 Å². The SMILES string of the molecule is CCn1nc(-c2ccc(C3CCN(CC(F)(F)F)C3)c(C)c2)nc1Nc1cc2c(cc1C)C(=O)NC2C. The van der Waals surface area contributed by atoms with Gasteiger partial charge in [0.2, 0.25) is 5.95 Å². The van der Waals surface area contributed by atoms with Gasteiger partial charge in [-0.25, -0.2) is 4.68 Å². The number of carbonyl (C=O) groups excluding carboxylic acids is 1. The van der Waals surface area contributed by atoms with E-state index in [4.69, 9.17) is 4.98 Å². The van der Waals surface area contributed by atoms with Crippen LogP contribution in [0, 0.1) is 13.8 Å². The van der Waals surface area contributed by atoms with Crippen molar-refractivity contribution in [1.82, 2.24) is 25.0 Å². The summed E-state index contributed by atoms with van der Waals surface area (Å²) in [5.74, 6) is 1.21. The molecule has 3 aromatic rings. The van der Waals surface area contributed by atoms with Gasteiger partial charge in [0.1, 0.15) is 0 Å². The fourth-order valence-electron chi connectivity index (χ4n) is 5.42. The van der Waals surface area contributed by atoms with Gasteiger partial charge in [-0.05, 0) is 87.0 Å². The Labute approximate surface area is 214 Å². The Morgan fingerprint density at radius 1 is 1.14 bits per heavy atom. The number of aryl methyl sites for hydroxylation is 3. The molecule has 0 radical (unpaired) electrons. The molecule has 0 bridgehead atoms. The van der Waals surface area contributed by atoms with Gasteiger partial charge >= 0.3 is 6.18 Å². The zero-order valence-corrected chi connectivity index (χ0v) is 21.4. The van der Waals surface area contributed by atoms with E-state index in [9.17, 15) is 18.0 Å². The van der Waals surface area contributed by atoms with Gasteiger partial charge < -0.3 is 10.6 Å². The number of benzene rings is 2. The van der Waals surface area contributed by atoms with Gasteiger partial charge in [0, 0.05) is 29.9 Å². The highest BCUT2D eigenvalue weighted by Crippen LogP contribution is 2.34. The molecule has 1 aromatic heterocycles. The fraction of sp³-hybridized carbons (Fsp3) is 0.444. The first-order valence-corrected chi connectivity index (χ1v) is 12.6. The van der Waals surface area contributed by atoms with Crippen LogP contribution in [0.5, 0.6) is 0 Å². The summed E-state index contributed by atoms with van der Waals surface area (Å²) in [6.07, 6.45) is -3.46. The van der Waals surface area contributed by atoms with Crippen molar-refractivity contribution in [3.63, 3.8) is 0 Å². The molecule has 196 valence electrons. The van der Waals surface area contributed by atoms with E-state index in [0.717, 1.165) is 33.5 Å². The number of rotatable bonds is 6. The highest BCUT2D eigenvalue weighted by atomic mass is 19.4. The van der Waals surface area contributed by atoms with E-state index >= 15 is 0 Å². The van der Waals surface area contributed by atoms with Gasteiger partial charge in [-0.1, -0.05) is 12.1 Å². The summed E-state index contributed by atoms with van der Waals surface area (Å²) < 4.78 is 40.2. The van der Waals surface area contributed by atoms with Crippen LogP contribution in [0.15, 0.2) is 30.3 Å². The molecule has 5 rings (SSSR count). The molecule has 2 aromatic carbocycles. The van der Waals surface area contributed by atoms with Crippen molar-refractivity contribution < 1.29 is 18.0 Å². The first-order chi connectivity index (χ1) is 17.5. The van der Waals surface area contributed by atoms with E-state index in [-0.39, 0.29) is 17.9 Å². The van der Waals surface area contributed by atoms with Crippen molar-refractivity contribution in [2.75, 3.05) is 25.0 Å². The summed E-state index contributed by atoms with van der Waals surface area (Å²) in [6.45, 7) is 8.52. The van der Waals surface area contributed by atoms with Gasteiger partial charge in [-0.15, -0.1) is 5.10 Å². The monoisotopic (exact) mass is 512 g/mol. The number of likely N-dealkylation sites (tertiary alicyclic amines) is 1. The summed E-state index contributed by atoms with van der Waals surface area (Å²) >= 11 is 0. The normalized spacial score (nSPS) is 19.8. The van der Waals surface area contributed by atoms with Crippen LogP contribution < -0.4 is 10.6 Å². The number of hydrogen-bond donors (Lipinski definition) is 2. The highest BCUT2D eigenvalue weighted by molar-refractivity contribution is 6.00. The molecule has 1 amide bonds. The summed E-state index contributed by atoms with van der Waals surface area (Å²) in [7, 11) is 0. The largest absolute Gasteiger partial charge is 0.401 e. The molecule has 3 heterocycles. The van der Waals surface area contributed by atoms with Crippen LogP contribution in [-0.2, 0) is 6.54 Å². The average Bonchev–Trinajstić information content (AvgIpc) is 3.51. The number of nitrogens with one attached hydrogen (secondary N) is 2. The number of hydrogen-bond acceptors (Lipinski definition) is 5. The first kappa shape index (κ1) is 25.3. The van der Waals surface area contributed by atoms with Gasteiger partial charge in [0.15, 0.2) is 5.82 Å². The van der Waals surface area contributed by atoms with E-state index in [1.54, 1.807) is 4.68 Å². The zero-order valence-electron chi connectivity index (χ0n) is 21.4. The number of alkyl halides is 3. The Hall–Kier alpha value is -3.40. The third-order valence-corrected chi connectivity index (χ3v) is 7.32. The van der Waals surface area contributed by atoms with E-state index < -0.39 is 12.7 Å². The van der Waals surface area contributed by atoms with Crippen molar-refractivity contribution >= 4 is 17.5 Å². The first-order valence-electron chi connectivity index (χ1n) is 12.6. The van der Waals surface area contributed by atoms with Crippen molar-refractivity contribution in [2.24, 2.45) is 0 Å². The minimum Gasteiger partial charge on any atom is -0.345 e. The summed E-state index contributed by atoms with van der Waals surface area (Å²) in [5.41, 5.74) is 6.42. The minimum atomic E-state index is -4.17. The van der Waals surface area contributed by atoms with Crippen molar-refractivity contribution in [3.8, 4) is 11.4 Å². The van der Waals surface area contributed by atoms with Crippen LogP contribution >= 0.6 is 0 Å². The number of halogens is 3. The van der Waals surface area contributed by atoms with Crippen molar-refractivity contribution in [2.45, 2.75) is 58.8 Å². The Morgan fingerprint density at radius 2 is 1.92 bits per heavy atom. The standard InChI is InChI=1S/C27H31F3N6O/c1-5-36-26(32-23-12-21-17(4)31-25(37)22(21)11-16(23)3)33-24(34-36)18-6-7-20(15(2)10-18)19-8-9-35(13-19)14-27(28,29)30/h6-7,10-12,17,19H,5,8-9,13-14H2,1-4H3,(H,31,37)(H,32,33,34). The second-order valence-electron chi connectivity index (χ2n) is 10.1. The lowest BCUT2D eigenvalue weighted by Gasteiger charge is -2.18. The number of nitrogens with zero attached hydrogens (tertiary/aromatic N) is 4. The fourth-order valence-corrected chi connectivity index (χ4v) is 5.42. The summed E-state index contributed by atoms with van der Waals surface area (Å²) in [6, 6.07) is 9.80. The average molecular weight is 513 g/mol. The topological polar surface area (TPSA) is 75.1 Å². The van der Waals surface area contributed by atoms with Crippen LogP contribution in [-0.4, -0.2) is 51.4 Å². The molecule has 2 unspecified atom stereocenters. The van der Waals surface area contributed by atoms with E-state index in [2.05, 4.69) is 15.7 Å². The van der Waals surface area contributed by atoms with Crippen LogP contribution in [0.3, 0.4) is 0 Å². The Morgan fingerprint density at radius 3 is 2.62 bits per heavy atom. The number of aromatic nitrogens is 3. The lowest BCUT2D eigenvalue weighted by atomic mass is 9.92. The number of carbonyl (C=O) groups is 1. The Kier molecular flexibility index (Phi) is 6.47. The summed E-state index contributed by atoms with van der Waals surface area (Å²) in [5, 5.41) is 11.0. The van der Waals surface area contributed by atoms with Gasteiger partial charge in [-0.3, -0.25) is 9.69 Å². The van der Waals surface area contributed by atoms with Crippen molar-refractivity contribution in [3.05, 3.63) is 58.1 Å². The smallest absolute Gasteiger partial charge is 0.345 e. The van der Waals surface area contributed by atoms with Gasteiger partial charge in [0.25, 0.3) is 5.91 Å². The molecular formula is C27H31F3N6O. The molecule has 2 atom stereocenters. The van der Waals surface area contributed by atoms with E-state index in [1.165, 1.54) is 4.90 Å². The molecular weight excluding hydrogens is 481 g/mol. The third-order valence-electron chi connectivity index (χ3n) is 7.32. The maximum atomic E-state index is 12.8.